The third kappa shape index (κ3) is 5.39. The van der Waals surface area contributed by atoms with Crippen LogP contribution in [0.2, 0.25) is 0 Å². The molecule has 0 atom stereocenters. The van der Waals surface area contributed by atoms with Gasteiger partial charge in [0.1, 0.15) is 0 Å². The molecule has 0 heterocycles. The van der Waals surface area contributed by atoms with Crippen LogP contribution in [0, 0.1) is 6.66 Å². The molecule has 0 aliphatic carbocycles. The third-order valence-corrected chi connectivity index (χ3v) is 1.67. The number of hydrogen-bond donors (Lipinski definition) is 0. The van der Waals surface area contributed by atoms with Crippen LogP contribution in [0.15, 0.2) is 0 Å². The van der Waals surface area contributed by atoms with Crippen molar-refractivity contribution in [2.75, 3.05) is 14.2 Å². The molecule has 44 valence electrons. The molecular formula is C3H8O3PY+2. The standard InChI is InChI=1S/C3H8O3P.Y/c1-5-7(3,4)6-2;/h3H2,1-2H3;/q-1;+3. The van der Waals surface area contributed by atoms with Gasteiger partial charge in [0, 0.05) is 14.2 Å². The Hall–Kier alpha value is 1.25. The van der Waals surface area contributed by atoms with E-state index in [9.17, 15) is 4.57 Å². The normalized spacial score (nSPS) is 10.4. The Morgan fingerprint density at radius 3 is 1.62 bits per heavy atom. The van der Waals surface area contributed by atoms with E-state index in [1.165, 1.54) is 14.2 Å². The smallest absolute Gasteiger partial charge is 0.335 e. The summed E-state index contributed by atoms with van der Waals surface area (Å²) in [4.78, 5) is 0. The molecule has 0 fully saturated rings. The second kappa shape index (κ2) is 5.07. The van der Waals surface area contributed by atoms with Gasteiger partial charge in [0.25, 0.3) is 0 Å². The van der Waals surface area contributed by atoms with Crippen LogP contribution < -0.4 is 0 Å². The maximum atomic E-state index is 10.4. The largest absolute Gasteiger partial charge is 3.00 e. The molecule has 0 N–H and O–H groups in total. The molecule has 0 amide bonds. The van der Waals surface area contributed by atoms with Crippen LogP contribution in [0.5, 0.6) is 0 Å². The second-order valence-electron chi connectivity index (χ2n) is 0.976. The molecule has 0 aliphatic rings. The van der Waals surface area contributed by atoms with Crippen LogP contribution in [-0.4, -0.2) is 14.2 Å². The molecule has 0 aromatic carbocycles. The van der Waals surface area contributed by atoms with E-state index in [1.54, 1.807) is 0 Å². The minimum atomic E-state index is -2.90. The quantitative estimate of drug-likeness (QED) is 0.510. The third-order valence-electron chi connectivity index (χ3n) is 0.556. The average Bonchev–Trinajstić information content (AvgIpc) is 1.68. The van der Waals surface area contributed by atoms with Gasteiger partial charge < -0.3 is 9.05 Å². The molecule has 0 spiro atoms. The van der Waals surface area contributed by atoms with E-state index in [1.807, 2.05) is 0 Å². The van der Waals surface area contributed by atoms with Crippen LogP contribution in [0.3, 0.4) is 0 Å². The van der Waals surface area contributed by atoms with E-state index in [0.717, 1.165) is 0 Å². The Bertz CT molecular complexity index is 86.5. The Labute approximate surface area is 74.5 Å². The van der Waals surface area contributed by atoms with Gasteiger partial charge in [-0.25, -0.2) is 6.66 Å². The topological polar surface area (TPSA) is 35.5 Å². The minimum Gasteiger partial charge on any atom is -0.335 e. The van der Waals surface area contributed by atoms with E-state index in [-0.39, 0.29) is 32.7 Å². The van der Waals surface area contributed by atoms with Crippen molar-refractivity contribution in [2.24, 2.45) is 0 Å². The average molecular weight is 212 g/mol. The maximum absolute atomic E-state index is 10.4. The van der Waals surface area contributed by atoms with E-state index >= 15 is 0 Å². The van der Waals surface area contributed by atoms with E-state index in [0.29, 0.717) is 0 Å². The number of rotatable bonds is 2. The summed E-state index contributed by atoms with van der Waals surface area (Å²) in [6.07, 6.45) is 0. The second-order valence-corrected chi connectivity index (χ2v) is 2.93. The van der Waals surface area contributed by atoms with Crippen LogP contribution >= 0.6 is 7.60 Å². The van der Waals surface area contributed by atoms with E-state index in [2.05, 4.69) is 15.7 Å². The van der Waals surface area contributed by atoms with Gasteiger partial charge in [0.2, 0.25) is 0 Å². The van der Waals surface area contributed by atoms with Gasteiger partial charge in [0.15, 0.2) is 7.60 Å². The summed E-state index contributed by atoms with van der Waals surface area (Å²) in [6, 6.07) is 0. The van der Waals surface area contributed by atoms with Crippen molar-refractivity contribution in [3.8, 4) is 0 Å². The fraction of sp³-hybridized carbons (Fsp3) is 0.667. The van der Waals surface area contributed by atoms with Crippen LogP contribution in [0.4, 0.5) is 0 Å². The summed E-state index contributed by atoms with van der Waals surface area (Å²) in [6.45, 7) is 3.12. The summed E-state index contributed by atoms with van der Waals surface area (Å²) in [5.41, 5.74) is 0. The molecule has 0 aromatic rings. The Morgan fingerprint density at radius 2 is 1.62 bits per heavy atom. The van der Waals surface area contributed by atoms with E-state index < -0.39 is 7.60 Å². The summed E-state index contributed by atoms with van der Waals surface area (Å²) >= 11 is 0. The SMILES string of the molecule is [CH2-]P(=O)(OC)OC.[Y+3]. The van der Waals surface area contributed by atoms with Crippen molar-refractivity contribution < 1.29 is 46.3 Å². The summed E-state index contributed by atoms with van der Waals surface area (Å²) in [5, 5.41) is 0. The molecule has 0 aliphatic heterocycles. The molecule has 5 heteroatoms. The molecule has 0 saturated heterocycles. The van der Waals surface area contributed by atoms with Crippen molar-refractivity contribution in [1.29, 1.82) is 0 Å². The zero-order valence-corrected chi connectivity index (χ0v) is 8.69. The van der Waals surface area contributed by atoms with Crippen LogP contribution in [0.1, 0.15) is 0 Å². The first kappa shape index (κ1) is 12.0. The maximum Gasteiger partial charge on any atom is 3.00 e. The zero-order chi connectivity index (χ0) is 5.91. The first-order valence-corrected chi connectivity index (χ1v) is 3.41. The molecule has 0 unspecified atom stereocenters. The molecule has 0 rings (SSSR count). The van der Waals surface area contributed by atoms with Gasteiger partial charge in [-0.1, -0.05) is 0 Å². The zero-order valence-electron chi connectivity index (χ0n) is 4.96. The summed E-state index contributed by atoms with van der Waals surface area (Å²) in [7, 11) is -0.326. The Morgan fingerprint density at radius 1 is 1.38 bits per heavy atom. The van der Waals surface area contributed by atoms with Gasteiger partial charge in [-0.2, -0.15) is 0 Å². The fourth-order valence-corrected chi connectivity index (χ4v) is 0.224. The molecule has 0 radical (unpaired) electrons. The van der Waals surface area contributed by atoms with Crippen molar-refractivity contribution in [2.45, 2.75) is 0 Å². The molecule has 8 heavy (non-hydrogen) atoms. The van der Waals surface area contributed by atoms with Gasteiger partial charge in [-0.05, 0) is 0 Å². The Kier molecular flexibility index (Phi) is 7.60. The van der Waals surface area contributed by atoms with Crippen molar-refractivity contribution >= 4 is 7.60 Å². The monoisotopic (exact) mass is 212 g/mol. The van der Waals surface area contributed by atoms with Gasteiger partial charge in [-0.15, -0.1) is 0 Å². The fourth-order valence-electron chi connectivity index (χ4n) is 0.0745. The first-order valence-electron chi connectivity index (χ1n) is 1.68. The van der Waals surface area contributed by atoms with E-state index in [4.69, 9.17) is 0 Å². The molecule has 3 nitrogen and oxygen atoms in total. The van der Waals surface area contributed by atoms with Gasteiger partial charge in [0.05, 0.1) is 0 Å². The van der Waals surface area contributed by atoms with Crippen LogP contribution in [0.25, 0.3) is 0 Å². The summed E-state index contributed by atoms with van der Waals surface area (Å²) in [5.74, 6) is 0. The predicted octanol–water partition coefficient (Wildman–Crippen LogP) is 1.26. The van der Waals surface area contributed by atoms with Gasteiger partial charge in [-0.3, -0.25) is 4.57 Å². The van der Waals surface area contributed by atoms with Crippen molar-refractivity contribution in [3.63, 3.8) is 0 Å². The molecule has 0 bridgehead atoms. The number of hydrogen-bond acceptors (Lipinski definition) is 3. The minimum absolute atomic E-state index is 0. The Balaban J connectivity index is 0. The molecular weight excluding hydrogens is 204 g/mol. The van der Waals surface area contributed by atoms with Crippen molar-refractivity contribution in [3.05, 3.63) is 6.66 Å². The first-order chi connectivity index (χ1) is 3.12. The van der Waals surface area contributed by atoms with Crippen molar-refractivity contribution in [1.82, 2.24) is 0 Å². The van der Waals surface area contributed by atoms with Crippen LogP contribution in [-0.2, 0) is 46.3 Å². The summed E-state index contributed by atoms with van der Waals surface area (Å²) < 4.78 is 19.0. The predicted molar refractivity (Wildman–Crippen MR) is 27.0 cm³/mol. The molecule has 0 aromatic heterocycles. The van der Waals surface area contributed by atoms with Gasteiger partial charge >= 0.3 is 32.7 Å². The molecule has 0 saturated carbocycles.